The summed E-state index contributed by atoms with van der Waals surface area (Å²) in [6, 6.07) is 7.04. The summed E-state index contributed by atoms with van der Waals surface area (Å²) in [5.41, 5.74) is 1.40. The summed E-state index contributed by atoms with van der Waals surface area (Å²) in [6.45, 7) is 4.79. The second-order valence-electron chi connectivity index (χ2n) is 7.75. The number of nitrogens with one attached hydrogen (secondary N) is 1. The number of amides is 3. The molecule has 2 aliphatic rings. The lowest BCUT2D eigenvalue weighted by molar-refractivity contribution is -0.133. The van der Waals surface area contributed by atoms with Crippen LogP contribution in [0.3, 0.4) is 0 Å². The normalized spacial score (nSPS) is 17.8. The molecule has 1 N–H and O–H groups in total. The van der Waals surface area contributed by atoms with Crippen molar-refractivity contribution < 1.29 is 9.59 Å². The fourth-order valence-electron chi connectivity index (χ4n) is 3.93. The van der Waals surface area contributed by atoms with Crippen molar-refractivity contribution in [3.63, 3.8) is 0 Å². The summed E-state index contributed by atoms with van der Waals surface area (Å²) in [7, 11) is 0. The molecule has 0 spiro atoms. The smallest absolute Gasteiger partial charge is 0.321 e. The molecule has 2 saturated heterocycles. The lowest BCUT2D eigenvalue weighted by Gasteiger charge is -2.36. The van der Waals surface area contributed by atoms with E-state index in [0.29, 0.717) is 43.4 Å². The van der Waals surface area contributed by atoms with Gasteiger partial charge in [0.25, 0.3) is 0 Å². The van der Waals surface area contributed by atoms with Crippen LogP contribution in [0.1, 0.15) is 19.3 Å². The molecule has 160 valence electrons. The van der Waals surface area contributed by atoms with Crippen LogP contribution in [-0.4, -0.2) is 82.2 Å². The molecule has 2 aromatic rings. The highest BCUT2D eigenvalue weighted by atomic mass is 35.5. The third-order valence-electron chi connectivity index (χ3n) is 5.68. The van der Waals surface area contributed by atoms with Crippen molar-refractivity contribution in [2.45, 2.75) is 19.3 Å². The first-order valence-corrected chi connectivity index (χ1v) is 10.8. The van der Waals surface area contributed by atoms with Crippen LogP contribution in [0, 0.1) is 0 Å². The number of nitrogens with zero attached hydrogens (tertiary/aromatic N) is 5. The molecule has 0 aliphatic carbocycles. The molecule has 0 unspecified atom stereocenters. The second-order valence-corrected chi connectivity index (χ2v) is 8.16. The number of piperazine rings is 1. The third kappa shape index (κ3) is 4.94. The predicted molar refractivity (Wildman–Crippen MR) is 116 cm³/mol. The van der Waals surface area contributed by atoms with Crippen LogP contribution in [0.15, 0.2) is 36.7 Å². The average molecular weight is 431 g/mol. The molecule has 3 amide bonds. The molecule has 4 rings (SSSR count). The van der Waals surface area contributed by atoms with E-state index in [0.717, 1.165) is 31.6 Å². The number of halogens is 1. The van der Waals surface area contributed by atoms with Crippen molar-refractivity contribution in [3.8, 4) is 5.69 Å². The van der Waals surface area contributed by atoms with Gasteiger partial charge >= 0.3 is 6.03 Å². The van der Waals surface area contributed by atoms with Crippen molar-refractivity contribution in [1.29, 1.82) is 0 Å². The van der Waals surface area contributed by atoms with Gasteiger partial charge in [0.15, 0.2) is 0 Å². The Morgan fingerprint density at radius 3 is 2.43 bits per heavy atom. The Morgan fingerprint density at radius 2 is 1.77 bits per heavy atom. The number of rotatable bonds is 4. The lowest BCUT2D eigenvalue weighted by atomic mass is 10.1. The molecular weight excluding hydrogens is 404 g/mol. The number of anilines is 1. The maximum atomic E-state index is 12.6. The van der Waals surface area contributed by atoms with E-state index in [9.17, 15) is 9.59 Å². The number of aromatic nitrogens is 2. The fraction of sp³-hybridized carbons (Fsp3) is 0.476. The number of urea groups is 1. The number of likely N-dealkylation sites (tertiary alicyclic amines) is 1. The standard InChI is InChI=1S/C21H27ClN6O2/c22-18-15-17(5-6-19(18)28-10-4-7-23-28)24-21(30)27-13-11-25(12-14-27)16-20(29)26-8-2-1-3-9-26/h4-7,10,15H,1-3,8-9,11-14,16H2,(H,24,30). The molecule has 1 aromatic carbocycles. The molecule has 0 radical (unpaired) electrons. The number of hydrogen-bond acceptors (Lipinski definition) is 4. The summed E-state index contributed by atoms with van der Waals surface area (Å²) in [6.07, 6.45) is 6.93. The quantitative estimate of drug-likeness (QED) is 0.809. The molecule has 0 bridgehead atoms. The monoisotopic (exact) mass is 430 g/mol. The summed E-state index contributed by atoms with van der Waals surface area (Å²) in [5.74, 6) is 0.208. The van der Waals surface area contributed by atoms with E-state index < -0.39 is 0 Å². The third-order valence-corrected chi connectivity index (χ3v) is 5.98. The number of benzene rings is 1. The van der Waals surface area contributed by atoms with Gasteiger partial charge in [0.2, 0.25) is 5.91 Å². The summed E-state index contributed by atoms with van der Waals surface area (Å²) < 4.78 is 1.68. The summed E-state index contributed by atoms with van der Waals surface area (Å²) in [4.78, 5) is 31.0. The zero-order valence-corrected chi connectivity index (χ0v) is 17.7. The highest BCUT2D eigenvalue weighted by molar-refractivity contribution is 6.32. The van der Waals surface area contributed by atoms with Gasteiger partial charge in [-0.1, -0.05) is 11.6 Å². The van der Waals surface area contributed by atoms with Crippen LogP contribution in [0.5, 0.6) is 0 Å². The minimum atomic E-state index is -0.153. The van der Waals surface area contributed by atoms with Crippen molar-refractivity contribution in [2.75, 3.05) is 51.1 Å². The Bertz CT molecular complexity index is 874. The van der Waals surface area contributed by atoms with Gasteiger partial charge in [-0.05, 0) is 43.5 Å². The molecule has 0 saturated carbocycles. The Morgan fingerprint density at radius 1 is 1.00 bits per heavy atom. The van der Waals surface area contributed by atoms with Gasteiger partial charge in [0.1, 0.15) is 0 Å². The number of carbonyl (C=O) groups excluding carboxylic acids is 2. The first-order chi connectivity index (χ1) is 14.6. The van der Waals surface area contributed by atoms with Gasteiger partial charge in [-0.15, -0.1) is 0 Å². The molecule has 3 heterocycles. The molecular formula is C21H27ClN6O2. The van der Waals surface area contributed by atoms with Crippen molar-refractivity contribution in [3.05, 3.63) is 41.7 Å². The Kier molecular flexibility index (Phi) is 6.54. The maximum absolute atomic E-state index is 12.6. The van der Waals surface area contributed by atoms with Crippen LogP contribution in [0.25, 0.3) is 5.69 Å². The second kappa shape index (κ2) is 9.49. The Hall–Kier alpha value is -2.58. The zero-order chi connectivity index (χ0) is 20.9. The maximum Gasteiger partial charge on any atom is 0.321 e. The number of hydrogen-bond donors (Lipinski definition) is 1. The Balaban J connectivity index is 1.26. The first-order valence-electron chi connectivity index (χ1n) is 10.5. The van der Waals surface area contributed by atoms with Gasteiger partial charge in [-0.25, -0.2) is 9.48 Å². The molecule has 30 heavy (non-hydrogen) atoms. The fourth-order valence-corrected chi connectivity index (χ4v) is 4.20. The van der Waals surface area contributed by atoms with Gasteiger partial charge in [0.05, 0.1) is 17.3 Å². The van der Waals surface area contributed by atoms with Crippen LogP contribution >= 0.6 is 11.6 Å². The van der Waals surface area contributed by atoms with E-state index in [1.54, 1.807) is 21.8 Å². The van der Waals surface area contributed by atoms with Crippen LogP contribution in [0.4, 0.5) is 10.5 Å². The van der Waals surface area contributed by atoms with Gasteiger partial charge in [-0.2, -0.15) is 5.10 Å². The molecule has 0 atom stereocenters. The highest BCUT2D eigenvalue weighted by Crippen LogP contribution is 2.24. The minimum Gasteiger partial charge on any atom is -0.342 e. The summed E-state index contributed by atoms with van der Waals surface area (Å²) in [5, 5.41) is 7.60. The van der Waals surface area contributed by atoms with E-state index in [2.05, 4.69) is 15.3 Å². The molecule has 9 heteroatoms. The van der Waals surface area contributed by atoms with E-state index in [1.807, 2.05) is 29.3 Å². The number of carbonyl (C=O) groups is 2. The van der Waals surface area contributed by atoms with Gasteiger partial charge in [0, 0.05) is 57.3 Å². The largest absolute Gasteiger partial charge is 0.342 e. The average Bonchev–Trinajstić information content (AvgIpc) is 3.29. The Labute approximate surface area is 181 Å². The van der Waals surface area contributed by atoms with E-state index in [-0.39, 0.29) is 11.9 Å². The number of piperidine rings is 1. The minimum absolute atomic E-state index is 0.153. The van der Waals surface area contributed by atoms with E-state index in [4.69, 9.17) is 11.6 Å². The van der Waals surface area contributed by atoms with Crippen LogP contribution in [0.2, 0.25) is 5.02 Å². The first kappa shape index (κ1) is 20.7. The molecule has 8 nitrogen and oxygen atoms in total. The topological polar surface area (TPSA) is 73.7 Å². The van der Waals surface area contributed by atoms with E-state index in [1.165, 1.54) is 6.42 Å². The van der Waals surface area contributed by atoms with Gasteiger partial charge in [-0.3, -0.25) is 9.69 Å². The van der Waals surface area contributed by atoms with Crippen LogP contribution < -0.4 is 5.32 Å². The molecule has 2 aliphatic heterocycles. The summed E-state index contributed by atoms with van der Waals surface area (Å²) >= 11 is 6.35. The van der Waals surface area contributed by atoms with E-state index >= 15 is 0 Å². The predicted octanol–water partition coefficient (Wildman–Crippen LogP) is 2.69. The van der Waals surface area contributed by atoms with Crippen molar-refractivity contribution >= 4 is 29.2 Å². The van der Waals surface area contributed by atoms with Crippen molar-refractivity contribution in [1.82, 2.24) is 24.5 Å². The molecule has 1 aromatic heterocycles. The van der Waals surface area contributed by atoms with Crippen molar-refractivity contribution in [2.24, 2.45) is 0 Å². The highest BCUT2D eigenvalue weighted by Gasteiger charge is 2.25. The zero-order valence-electron chi connectivity index (χ0n) is 17.0. The molecule has 2 fully saturated rings. The van der Waals surface area contributed by atoms with Gasteiger partial charge < -0.3 is 15.1 Å². The van der Waals surface area contributed by atoms with Crippen LogP contribution in [-0.2, 0) is 4.79 Å². The SMILES string of the molecule is O=C(CN1CCN(C(=O)Nc2ccc(-n3cccn3)c(Cl)c2)CC1)N1CCCCC1. The lowest BCUT2D eigenvalue weighted by Crippen LogP contribution is -2.52.